The molecule has 1 unspecified atom stereocenters. The number of hydrogen-bond acceptors (Lipinski definition) is 7. The normalized spacial score (nSPS) is 12.1. The molecule has 0 fully saturated rings. The van der Waals surface area contributed by atoms with E-state index in [1.165, 1.54) is 14.0 Å². The standard InChI is InChI=1S/C11H16O7/c1-7(2)16-11(14)18-8(3)17-10(13)6-5-9(12)15-4/h5-8H,1-4H3. The summed E-state index contributed by atoms with van der Waals surface area (Å²) in [6.07, 6.45) is -0.644. The first-order valence-electron chi connectivity index (χ1n) is 5.19. The SMILES string of the molecule is COC(=O)C=CC(=O)OC(C)OC(=O)OC(C)C. The predicted octanol–water partition coefficient (Wildman–Crippen LogP) is 1.17. The van der Waals surface area contributed by atoms with Gasteiger partial charge in [0.15, 0.2) is 0 Å². The van der Waals surface area contributed by atoms with Gasteiger partial charge in [-0.1, -0.05) is 0 Å². The largest absolute Gasteiger partial charge is 0.511 e. The zero-order valence-electron chi connectivity index (χ0n) is 10.7. The third-order valence-corrected chi connectivity index (χ3v) is 1.43. The molecule has 7 heteroatoms. The molecule has 0 spiro atoms. The minimum Gasteiger partial charge on any atom is -0.466 e. The van der Waals surface area contributed by atoms with E-state index in [9.17, 15) is 14.4 Å². The first kappa shape index (κ1) is 16.0. The Morgan fingerprint density at radius 3 is 1.94 bits per heavy atom. The molecule has 0 amide bonds. The molecule has 0 heterocycles. The summed E-state index contributed by atoms with van der Waals surface area (Å²) in [6.45, 7) is 4.64. The van der Waals surface area contributed by atoms with Crippen molar-refractivity contribution in [3.05, 3.63) is 12.2 Å². The average molecular weight is 260 g/mol. The number of hydrogen-bond donors (Lipinski definition) is 0. The first-order chi connectivity index (χ1) is 8.35. The molecule has 0 rings (SSSR count). The molecule has 0 saturated carbocycles. The summed E-state index contributed by atoms with van der Waals surface area (Å²) < 4.78 is 18.2. The van der Waals surface area contributed by atoms with Crippen molar-refractivity contribution in [2.45, 2.75) is 33.2 Å². The van der Waals surface area contributed by atoms with Gasteiger partial charge in [0.25, 0.3) is 0 Å². The van der Waals surface area contributed by atoms with Gasteiger partial charge in [-0.05, 0) is 13.8 Å². The Bertz CT molecular complexity index is 332. The van der Waals surface area contributed by atoms with Crippen LogP contribution in [0.15, 0.2) is 12.2 Å². The minimum absolute atomic E-state index is 0.334. The van der Waals surface area contributed by atoms with Crippen LogP contribution in [0.4, 0.5) is 4.79 Å². The highest BCUT2D eigenvalue weighted by Gasteiger charge is 2.14. The molecule has 1 atom stereocenters. The van der Waals surface area contributed by atoms with Gasteiger partial charge in [-0.2, -0.15) is 0 Å². The smallest absolute Gasteiger partial charge is 0.466 e. The lowest BCUT2D eigenvalue weighted by atomic mass is 10.5. The first-order valence-corrected chi connectivity index (χ1v) is 5.19. The van der Waals surface area contributed by atoms with Crippen molar-refractivity contribution >= 4 is 18.1 Å². The highest BCUT2D eigenvalue weighted by atomic mass is 16.8. The summed E-state index contributed by atoms with van der Waals surface area (Å²) in [5, 5.41) is 0. The Morgan fingerprint density at radius 2 is 1.44 bits per heavy atom. The highest BCUT2D eigenvalue weighted by Crippen LogP contribution is 2.00. The fourth-order valence-electron chi connectivity index (χ4n) is 0.787. The van der Waals surface area contributed by atoms with Crippen LogP contribution in [0, 0.1) is 0 Å². The summed E-state index contributed by atoms with van der Waals surface area (Å²) in [6, 6.07) is 0. The van der Waals surface area contributed by atoms with Crippen LogP contribution >= 0.6 is 0 Å². The lowest BCUT2D eigenvalue weighted by Gasteiger charge is -2.14. The van der Waals surface area contributed by atoms with E-state index in [-0.39, 0.29) is 6.10 Å². The molecular weight excluding hydrogens is 244 g/mol. The Morgan fingerprint density at radius 1 is 0.889 bits per heavy atom. The van der Waals surface area contributed by atoms with Crippen molar-refractivity contribution in [1.29, 1.82) is 0 Å². The second kappa shape index (κ2) is 8.10. The van der Waals surface area contributed by atoms with Gasteiger partial charge >= 0.3 is 18.1 Å². The zero-order chi connectivity index (χ0) is 14.1. The molecule has 0 N–H and O–H groups in total. The topological polar surface area (TPSA) is 88.1 Å². The van der Waals surface area contributed by atoms with E-state index in [0.29, 0.717) is 0 Å². The maximum absolute atomic E-state index is 11.1. The number of ether oxygens (including phenoxy) is 4. The highest BCUT2D eigenvalue weighted by molar-refractivity contribution is 5.91. The Hall–Kier alpha value is -2.05. The summed E-state index contributed by atoms with van der Waals surface area (Å²) in [5.41, 5.74) is 0. The number of rotatable bonds is 5. The van der Waals surface area contributed by atoms with Gasteiger partial charge in [-0.15, -0.1) is 0 Å². The van der Waals surface area contributed by atoms with E-state index in [2.05, 4.69) is 18.9 Å². The lowest BCUT2D eigenvalue weighted by molar-refractivity contribution is -0.162. The van der Waals surface area contributed by atoms with Gasteiger partial charge in [0.05, 0.1) is 13.2 Å². The van der Waals surface area contributed by atoms with Crippen molar-refractivity contribution in [3.63, 3.8) is 0 Å². The molecular formula is C11H16O7. The average Bonchev–Trinajstić information content (AvgIpc) is 2.24. The number of esters is 2. The van der Waals surface area contributed by atoms with E-state index in [0.717, 1.165) is 12.2 Å². The molecule has 0 aromatic heterocycles. The van der Waals surface area contributed by atoms with Crippen LogP contribution in [0.25, 0.3) is 0 Å². The maximum Gasteiger partial charge on any atom is 0.511 e. The summed E-state index contributed by atoms with van der Waals surface area (Å²) in [7, 11) is 1.17. The van der Waals surface area contributed by atoms with Gasteiger partial charge in [0, 0.05) is 19.1 Å². The maximum atomic E-state index is 11.1. The van der Waals surface area contributed by atoms with E-state index in [1.54, 1.807) is 13.8 Å². The molecule has 0 aliphatic carbocycles. The molecule has 0 aromatic carbocycles. The molecule has 0 radical (unpaired) electrons. The van der Waals surface area contributed by atoms with Crippen LogP contribution in [0.2, 0.25) is 0 Å². The van der Waals surface area contributed by atoms with Gasteiger partial charge in [0.1, 0.15) is 0 Å². The van der Waals surface area contributed by atoms with E-state index >= 15 is 0 Å². The lowest BCUT2D eigenvalue weighted by Crippen LogP contribution is -2.23. The number of methoxy groups -OCH3 is 1. The van der Waals surface area contributed by atoms with Gasteiger partial charge in [-0.3, -0.25) is 0 Å². The van der Waals surface area contributed by atoms with Crippen LogP contribution in [0.3, 0.4) is 0 Å². The second-order valence-electron chi connectivity index (χ2n) is 3.40. The van der Waals surface area contributed by atoms with Crippen LogP contribution in [-0.4, -0.2) is 37.6 Å². The predicted molar refractivity (Wildman–Crippen MR) is 59.4 cm³/mol. The molecule has 0 aliphatic heterocycles. The number of carbonyl (C=O) groups is 3. The van der Waals surface area contributed by atoms with Gasteiger partial charge < -0.3 is 18.9 Å². The molecule has 0 saturated heterocycles. The fraction of sp³-hybridized carbons (Fsp3) is 0.545. The quantitative estimate of drug-likeness (QED) is 0.317. The van der Waals surface area contributed by atoms with Crippen molar-refractivity contribution in [3.8, 4) is 0 Å². The molecule has 102 valence electrons. The molecule has 18 heavy (non-hydrogen) atoms. The Labute approximate surface area is 105 Å². The fourth-order valence-corrected chi connectivity index (χ4v) is 0.787. The van der Waals surface area contributed by atoms with Gasteiger partial charge in [0.2, 0.25) is 6.29 Å². The van der Waals surface area contributed by atoms with Crippen LogP contribution in [0.5, 0.6) is 0 Å². The Balaban J connectivity index is 4.04. The molecule has 7 nitrogen and oxygen atoms in total. The number of carbonyl (C=O) groups excluding carboxylic acids is 3. The monoisotopic (exact) mass is 260 g/mol. The van der Waals surface area contributed by atoms with Gasteiger partial charge in [-0.25, -0.2) is 14.4 Å². The summed E-state index contributed by atoms with van der Waals surface area (Å²) in [5.74, 6) is -1.54. The third-order valence-electron chi connectivity index (χ3n) is 1.43. The second-order valence-corrected chi connectivity index (χ2v) is 3.40. The van der Waals surface area contributed by atoms with Crippen LogP contribution < -0.4 is 0 Å². The van der Waals surface area contributed by atoms with Crippen molar-refractivity contribution < 1.29 is 33.3 Å². The van der Waals surface area contributed by atoms with E-state index < -0.39 is 24.4 Å². The van der Waals surface area contributed by atoms with Crippen LogP contribution in [-0.2, 0) is 28.5 Å². The third kappa shape index (κ3) is 8.14. The van der Waals surface area contributed by atoms with Crippen molar-refractivity contribution in [2.24, 2.45) is 0 Å². The molecule has 0 aliphatic rings. The van der Waals surface area contributed by atoms with Crippen molar-refractivity contribution in [2.75, 3.05) is 7.11 Å². The summed E-state index contributed by atoms with van der Waals surface area (Å²) >= 11 is 0. The molecule has 0 bridgehead atoms. The Kier molecular flexibility index (Phi) is 7.18. The van der Waals surface area contributed by atoms with E-state index in [1.807, 2.05) is 0 Å². The zero-order valence-corrected chi connectivity index (χ0v) is 10.7. The van der Waals surface area contributed by atoms with Crippen LogP contribution in [0.1, 0.15) is 20.8 Å². The summed E-state index contributed by atoms with van der Waals surface area (Å²) in [4.78, 5) is 32.8. The van der Waals surface area contributed by atoms with E-state index in [4.69, 9.17) is 0 Å². The molecule has 0 aromatic rings. The van der Waals surface area contributed by atoms with Crippen molar-refractivity contribution in [1.82, 2.24) is 0 Å². The minimum atomic E-state index is -1.12.